The van der Waals surface area contributed by atoms with Crippen LogP contribution in [0.3, 0.4) is 0 Å². The SMILES string of the molecule is Cc1cc(C(N)=S)cc(N(C)CCC(C)C)n1. The molecule has 3 nitrogen and oxygen atoms in total. The minimum atomic E-state index is 0.425. The van der Waals surface area contributed by atoms with Crippen LogP contribution in [0.4, 0.5) is 5.82 Å². The molecule has 0 aliphatic rings. The Hall–Kier alpha value is -1.16. The van der Waals surface area contributed by atoms with Crippen molar-refractivity contribution in [2.75, 3.05) is 18.5 Å². The molecule has 0 aliphatic carbocycles. The zero-order valence-corrected chi connectivity index (χ0v) is 11.8. The first-order chi connectivity index (χ1) is 7.90. The molecule has 0 spiro atoms. The van der Waals surface area contributed by atoms with Crippen molar-refractivity contribution in [3.05, 3.63) is 23.4 Å². The van der Waals surface area contributed by atoms with E-state index in [1.165, 1.54) is 0 Å². The molecule has 0 saturated carbocycles. The highest BCUT2D eigenvalue weighted by Crippen LogP contribution is 2.15. The molecule has 0 fully saturated rings. The maximum Gasteiger partial charge on any atom is 0.129 e. The van der Waals surface area contributed by atoms with Crippen molar-refractivity contribution in [2.45, 2.75) is 27.2 Å². The molecule has 0 aromatic carbocycles. The van der Waals surface area contributed by atoms with Gasteiger partial charge in [-0.05, 0) is 31.4 Å². The normalized spacial score (nSPS) is 10.6. The molecule has 0 atom stereocenters. The van der Waals surface area contributed by atoms with Crippen molar-refractivity contribution in [2.24, 2.45) is 11.7 Å². The summed E-state index contributed by atoms with van der Waals surface area (Å²) in [5.74, 6) is 1.63. The van der Waals surface area contributed by atoms with Gasteiger partial charge in [0.25, 0.3) is 0 Å². The molecule has 0 saturated heterocycles. The third kappa shape index (κ3) is 4.30. The number of aromatic nitrogens is 1. The first-order valence-electron chi connectivity index (χ1n) is 5.89. The van der Waals surface area contributed by atoms with E-state index in [0.29, 0.717) is 10.9 Å². The smallest absolute Gasteiger partial charge is 0.129 e. The number of thiocarbonyl (C=S) groups is 1. The van der Waals surface area contributed by atoms with Gasteiger partial charge in [0, 0.05) is 24.8 Å². The summed E-state index contributed by atoms with van der Waals surface area (Å²) in [4.78, 5) is 7.08. The fourth-order valence-electron chi connectivity index (χ4n) is 1.56. The maximum atomic E-state index is 5.66. The fraction of sp³-hybridized carbons (Fsp3) is 0.538. The van der Waals surface area contributed by atoms with Gasteiger partial charge >= 0.3 is 0 Å². The van der Waals surface area contributed by atoms with Crippen molar-refractivity contribution in [3.8, 4) is 0 Å². The average Bonchev–Trinajstić information content (AvgIpc) is 2.24. The van der Waals surface area contributed by atoms with Crippen molar-refractivity contribution >= 4 is 23.0 Å². The molecular weight excluding hydrogens is 230 g/mol. The van der Waals surface area contributed by atoms with Crippen LogP contribution >= 0.6 is 12.2 Å². The Morgan fingerprint density at radius 2 is 2.12 bits per heavy atom. The summed E-state index contributed by atoms with van der Waals surface area (Å²) in [6.45, 7) is 7.39. The number of nitrogens with two attached hydrogens (primary N) is 1. The van der Waals surface area contributed by atoms with Crippen LogP contribution in [-0.2, 0) is 0 Å². The zero-order chi connectivity index (χ0) is 13.0. The molecule has 17 heavy (non-hydrogen) atoms. The number of hydrogen-bond donors (Lipinski definition) is 1. The lowest BCUT2D eigenvalue weighted by Crippen LogP contribution is -2.22. The number of pyridine rings is 1. The van der Waals surface area contributed by atoms with E-state index in [9.17, 15) is 0 Å². The highest BCUT2D eigenvalue weighted by atomic mass is 32.1. The Labute approximate surface area is 109 Å². The highest BCUT2D eigenvalue weighted by molar-refractivity contribution is 7.80. The average molecular weight is 251 g/mol. The van der Waals surface area contributed by atoms with Gasteiger partial charge in [0.2, 0.25) is 0 Å². The van der Waals surface area contributed by atoms with Gasteiger partial charge in [0.05, 0.1) is 0 Å². The second-order valence-corrected chi connectivity index (χ2v) is 5.26. The lowest BCUT2D eigenvalue weighted by atomic mass is 10.1. The summed E-state index contributed by atoms with van der Waals surface area (Å²) in [6.07, 6.45) is 1.15. The predicted molar refractivity (Wildman–Crippen MR) is 77.6 cm³/mol. The molecule has 1 rings (SSSR count). The van der Waals surface area contributed by atoms with Gasteiger partial charge in [-0.25, -0.2) is 4.98 Å². The van der Waals surface area contributed by atoms with E-state index in [0.717, 1.165) is 30.0 Å². The molecule has 1 aromatic rings. The highest BCUT2D eigenvalue weighted by Gasteiger charge is 2.07. The van der Waals surface area contributed by atoms with E-state index in [-0.39, 0.29) is 0 Å². The first kappa shape index (κ1) is 13.9. The van der Waals surface area contributed by atoms with Crippen molar-refractivity contribution in [3.63, 3.8) is 0 Å². The summed E-state index contributed by atoms with van der Waals surface area (Å²) in [5, 5.41) is 0. The Morgan fingerprint density at radius 1 is 1.47 bits per heavy atom. The maximum absolute atomic E-state index is 5.66. The van der Waals surface area contributed by atoms with Crippen LogP contribution in [0.2, 0.25) is 0 Å². The molecule has 1 heterocycles. The molecule has 4 heteroatoms. The van der Waals surface area contributed by atoms with Crippen LogP contribution in [0, 0.1) is 12.8 Å². The number of hydrogen-bond acceptors (Lipinski definition) is 3. The van der Waals surface area contributed by atoms with Crippen LogP contribution in [-0.4, -0.2) is 23.6 Å². The molecule has 0 aliphatic heterocycles. The van der Waals surface area contributed by atoms with Crippen LogP contribution in [0.25, 0.3) is 0 Å². The van der Waals surface area contributed by atoms with Gasteiger partial charge in [-0.1, -0.05) is 26.1 Å². The van der Waals surface area contributed by atoms with E-state index >= 15 is 0 Å². The Balaban J connectivity index is 2.86. The molecule has 1 aromatic heterocycles. The number of rotatable bonds is 5. The van der Waals surface area contributed by atoms with Crippen molar-refractivity contribution in [1.82, 2.24) is 4.98 Å². The standard InChI is InChI=1S/C13H21N3S/c1-9(2)5-6-16(4)12-8-11(13(14)17)7-10(3)15-12/h7-9H,5-6H2,1-4H3,(H2,14,17). The van der Waals surface area contributed by atoms with Gasteiger partial charge in [0.1, 0.15) is 10.8 Å². The summed E-state index contributed by atoms with van der Waals surface area (Å²) in [5.41, 5.74) is 7.49. The molecule has 0 unspecified atom stereocenters. The van der Waals surface area contributed by atoms with Gasteiger partial charge in [-0.15, -0.1) is 0 Å². The van der Waals surface area contributed by atoms with Crippen molar-refractivity contribution in [1.29, 1.82) is 0 Å². The second kappa shape index (κ2) is 5.96. The molecule has 2 N–H and O–H groups in total. The van der Waals surface area contributed by atoms with E-state index in [1.807, 2.05) is 26.1 Å². The van der Waals surface area contributed by atoms with Crippen LogP contribution in [0.1, 0.15) is 31.5 Å². The number of anilines is 1. The Kier molecular flexibility index (Phi) is 4.87. The molecule has 94 valence electrons. The quantitative estimate of drug-likeness (QED) is 0.817. The summed E-state index contributed by atoms with van der Waals surface area (Å²) in [6, 6.07) is 3.87. The fourth-order valence-corrected chi connectivity index (χ4v) is 1.67. The van der Waals surface area contributed by atoms with Crippen molar-refractivity contribution < 1.29 is 0 Å². The van der Waals surface area contributed by atoms with Crippen LogP contribution in [0.15, 0.2) is 12.1 Å². The molecular formula is C13H21N3S. The molecule has 0 radical (unpaired) electrons. The van der Waals surface area contributed by atoms with Crippen LogP contribution < -0.4 is 10.6 Å². The monoisotopic (exact) mass is 251 g/mol. The minimum absolute atomic E-state index is 0.425. The summed E-state index contributed by atoms with van der Waals surface area (Å²) < 4.78 is 0. The first-order valence-corrected chi connectivity index (χ1v) is 6.30. The lowest BCUT2D eigenvalue weighted by molar-refractivity contribution is 0.583. The third-order valence-electron chi connectivity index (χ3n) is 2.66. The third-order valence-corrected chi connectivity index (χ3v) is 2.89. The Morgan fingerprint density at radius 3 is 2.65 bits per heavy atom. The second-order valence-electron chi connectivity index (χ2n) is 4.82. The topological polar surface area (TPSA) is 42.1 Å². The summed E-state index contributed by atoms with van der Waals surface area (Å²) in [7, 11) is 2.05. The van der Waals surface area contributed by atoms with Gasteiger partial charge in [-0.2, -0.15) is 0 Å². The minimum Gasteiger partial charge on any atom is -0.389 e. The summed E-state index contributed by atoms with van der Waals surface area (Å²) >= 11 is 5.01. The zero-order valence-electron chi connectivity index (χ0n) is 11.0. The van der Waals surface area contributed by atoms with Gasteiger partial charge < -0.3 is 10.6 Å². The van der Waals surface area contributed by atoms with E-state index in [1.54, 1.807) is 0 Å². The predicted octanol–water partition coefficient (Wildman–Crippen LogP) is 2.51. The number of nitrogens with zero attached hydrogens (tertiary/aromatic N) is 2. The largest absolute Gasteiger partial charge is 0.389 e. The molecule has 0 bridgehead atoms. The van der Waals surface area contributed by atoms with Gasteiger partial charge in [0.15, 0.2) is 0 Å². The Bertz CT molecular complexity index is 402. The van der Waals surface area contributed by atoms with Crippen LogP contribution in [0.5, 0.6) is 0 Å². The van der Waals surface area contributed by atoms with E-state index < -0.39 is 0 Å². The van der Waals surface area contributed by atoms with Gasteiger partial charge in [-0.3, -0.25) is 0 Å². The van der Waals surface area contributed by atoms with E-state index in [4.69, 9.17) is 18.0 Å². The molecule has 0 amide bonds. The lowest BCUT2D eigenvalue weighted by Gasteiger charge is -2.20. The number of aryl methyl sites for hydroxylation is 1. The van der Waals surface area contributed by atoms with E-state index in [2.05, 4.69) is 23.7 Å².